The van der Waals surface area contributed by atoms with Crippen molar-refractivity contribution < 1.29 is 9.90 Å². The molecule has 2 heterocycles. The van der Waals surface area contributed by atoms with E-state index in [1.165, 1.54) is 6.33 Å². The highest BCUT2D eigenvalue weighted by Gasteiger charge is 2.15. The molecule has 0 aliphatic rings. The van der Waals surface area contributed by atoms with Gasteiger partial charge in [0.05, 0.1) is 5.69 Å². The number of nitrogen functional groups attached to an aromatic ring is 1. The van der Waals surface area contributed by atoms with Gasteiger partial charge in [-0.05, 0) is 0 Å². The summed E-state index contributed by atoms with van der Waals surface area (Å²) < 4.78 is 0. The predicted molar refractivity (Wildman–Crippen MR) is 56.7 cm³/mol. The van der Waals surface area contributed by atoms with Crippen LogP contribution in [-0.2, 0) is 0 Å². The van der Waals surface area contributed by atoms with Crippen molar-refractivity contribution in [2.45, 2.75) is 0 Å². The number of hydrogen-bond donors (Lipinski definition) is 2. The minimum Gasteiger partial charge on any atom is -0.477 e. The van der Waals surface area contributed by atoms with Crippen molar-refractivity contribution in [1.82, 2.24) is 9.97 Å². The number of nitrogens with zero attached hydrogens (tertiary/aromatic N) is 2. The van der Waals surface area contributed by atoms with Crippen LogP contribution in [0, 0.1) is 0 Å². The smallest absolute Gasteiger partial charge is 0.348 e. The summed E-state index contributed by atoms with van der Waals surface area (Å²) >= 11 is 1.10. The first-order valence-electron chi connectivity index (χ1n) is 4.06. The standard InChI is InChI=1S/C9H7N3O2S/c10-7-6(3-15-8(7)9(13)14)5-1-11-4-12-2-5/h1-4H,10H2,(H,13,14). The van der Waals surface area contributed by atoms with Gasteiger partial charge in [-0.1, -0.05) is 0 Å². The van der Waals surface area contributed by atoms with Gasteiger partial charge in [0.25, 0.3) is 0 Å². The van der Waals surface area contributed by atoms with Gasteiger partial charge in [-0.25, -0.2) is 14.8 Å². The van der Waals surface area contributed by atoms with E-state index in [2.05, 4.69) is 9.97 Å². The molecule has 0 aromatic carbocycles. The molecule has 0 bridgehead atoms. The van der Waals surface area contributed by atoms with E-state index in [9.17, 15) is 4.79 Å². The molecule has 0 atom stereocenters. The van der Waals surface area contributed by atoms with Crippen molar-refractivity contribution in [1.29, 1.82) is 0 Å². The number of anilines is 1. The molecule has 0 unspecified atom stereocenters. The van der Waals surface area contributed by atoms with Crippen molar-refractivity contribution in [3.8, 4) is 11.1 Å². The Hall–Kier alpha value is -1.95. The highest BCUT2D eigenvalue weighted by molar-refractivity contribution is 7.13. The van der Waals surface area contributed by atoms with Gasteiger partial charge in [-0.15, -0.1) is 11.3 Å². The van der Waals surface area contributed by atoms with Gasteiger partial charge in [0.1, 0.15) is 11.2 Å². The number of thiophene rings is 1. The maximum Gasteiger partial charge on any atom is 0.348 e. The second-order valence-corrected chi connectivity index (χ2v) is 3.70. The first-order valence-corrected chi connectivity index (χ1v) is 4.93. The van der Waals surface area contributed by atoms with Gasteiger partial charge in [0.15, 0.2) is 0 Å². The summed E-state index contributed by atoms with van der Waals surface area (Å²) in [5, 5.41) is 10.5. The van der Waals surface area contributed by atoms with Crippen LogP contribution in [0.5, 0.6) is 0 Å². The van der Waals surface area contributed by atoms with Crippen LogP contribution >= 0.6 is 11.3 Å². The Labute approximate surface area is 89.2 Å². The quantitative estimate of drug-likeness (QED) is 0.801. The minimum absolute atomic E-state index is 0.147. The molecular formula is C9H7N3O2S. The fourth-order valence-electron chi connectivity index (χ4n) is 1.19. The lowest BCUT2D eigenvalue weighted by Crippen LogP contribution is -1.98. The van der Waals surface area contributed by atoms with Crippen molar-refractivity contribution in [3.63, 3.8) is 0 Å². The molecule has 0 spiro atoms. The minimum atomic E-state index is -1.01. The lowest BCUT2D eigenvalue weighted by atomic mass is 10.1. The third-order valence-corrected chi connectivity index (χ3v) is 2.88. The van der Waals surface area contributed by atoms with E-state index in [4.69, 9.17) is 10.8 Å². The number of carboxylic acid groups (broad SMARTS) is 1. The van der Waals surface area contributed by atoms with E-state index in [1.54, 1.807) is 17.8 Å². The summed E-state index contributed by atoms with van der Waals surface area (Å²) in [6, 6.07) is 0. The van der Waals surface area contributed by atoms with Crippen molar-refractivity contribution >= 4 is 23.0 Å². The number of aromatic carboxylic acids is 1. The first-order chi connectivity index (χ1) is 7.20. The Bertz CT molecular complexity index is 495. The topological polar surface area (TPSA) is 89.1 Å². The summed E-state index contributed by atoms with van der Waals surface area (Å²) in [5.74, 6) is -1.01. The second-order valence-electron chi connectivity index (χ2n) is 2.82. The largest absolute Gasteiger partial charge is 0.477 e. The monoisotopic (exact) mass is 221 g/mol. The molecule has 15 heavy (non-hydrogen) atoms. The predicted octanol–water partition coefficient (Wildman–Crippen LogP) is 1.49. The molecule has 0 aliphatic carbocycles. The van der Waals surface area contributed by atoms with Gasteiger partial charge in [-0.3, -0.25) is 0 Å². The number of aromatic nitrogens is 2. The van der Waals surface area contributed by atoms with Gasteiger partial charge in [0.2, 0.25) is 0 Å². The molecular weight excluding hydrogens is 214 g/mol. The number of hydrogen-bond acceptors (Lipinski definition) is 5. The molecule has 5 nitrogen and oxygen atoms in total. The Morgan fingerprint density at radius 1 is 1.40 bits per heavy atom. The summed E-state index contributed by atoms with van der Waals surface area (Å²) in [6.07, 6.45) is 4.60. The SMILES string of the molecule is Nc1c(-c2cncnc2)csc1C(=O)O. The van der Waals surface area contributed by atoms with Crippen LogP contribution in [0.3, 0.4) is 0 Å². The average molecular weight is 221 g/mol. The Balaban J connectivity index is 2.52. The molecule has 0 radical (unpaired) electrons. The Morgan fingerprint density at radius 3 is 2.60 bits per heavy atom. The zero-order valence-corrected chi connectivity index (χ0v) is 8.36. The third-order valence-electron chi connectivity index (χ3n) is 1.90. The van der Waals surface area contributed by atoms with Crippen LogP contribution in [0.15, 0.2) is 24.1 Å². The van der Waals surface area contributed by atoms with Gasteiger partial charge in [0, 0.05) is 28.9 Å². The fourth-order valence-corrected chi connectivity index (χ4v) is 2.03. The Kier molecular flexibility index (Phi) is 2.34. The number of rotatable bonds is 2. The number of carboxylic acids is 1. The molecule has 0 aliphatic heterocycles. The van der Waals surface area contributed by atoms with E-state index in [0.29, 0.717) is 5.56 Å². The highest BCUT2D eigenvalue weighted by atomic mass is 32.1. The van der Waals surface area contributed by atoms with E-state index >= 15 is 0 Å². The Morgan fingerprint density at radius 2 is 2.07 bits per heavy atom. The lowest BCUT2D eigenvalue weighted by Gasteiger charge is -1.98. The van der Waals surface area contributed by atoms with E-state index < -0.39 is 5.97 Å². The van der Waals surface area contributed by atoms with Crippen molar-refractivity contribution in [3.05, 3.63) is 29.0 Å². The van der Waals surface area contributed by atoms with Crippen LogP contribution in [-0.4, -0.2) is 21.0 Å². The number of carbonyl (C=O) groups is 1. The summed E-state index contributed by atoms with van der Waals surface area (Å²) in [5.41, 5.74) is 7.36. The van der Waals surface area contributed by atoms with Crippen LogP contribution in [0.1, 0.15) is 9.67 Å². The fraction of sp³-hybridized carbons (Fsp3) is 0. The molecule has 2 aromatic rings. The first kappa shape index (κ1) is 9.60. The molecule has 0 fully saturated rings. The molecule has 6 heteroatoms. The maximum absolute atomic E-state index is 10.8. The van der Waals surface area contributed by atoms with Crippen LogP contribution in [0.2, 0.25) is 0 Å². The van der Waals surface area contributed by atoms with Crippen molar-refractivity contribution in [2.75, 3.05) is 5.73 Å². The third kappa shape index (κ3) is 1.66. The van der Waals surface area contributed by atoms with Crippen LogP contribution in [0.25, 0.3) is 11.1 Å². The van der Waals surface area contributed by atoms with Crippen LogP contribution < -0.4 is 5.73 Å². The molecule has 76 valence electrons. The zero-order chi connectivity index (χ0) is 10.8. The molecule has 0 amide bonds. The van der Waals surface area contributed by atoms with E-state index in [0.717, 1.165) is 16.9 Å². The summed E-state index contributed by atoms with van der Waals surface area (Å²) in [6.45, 7) is 0. The molecule has 2 aromatic heterocycles. The second kappa shape index (κ2) is 3.66. The van der Waals surface area contributed by atoms with E-state index in [1.807, 2.05) is 0 Å². The van der Waals surface area contributed by atoms with Gasteiger partial charge >= 0.3 is 5.97 Å². The molecule has 3 N–H and O–H groups in total. The maximum atomic E-state index is 10.8. The van der Waals surface area contributed by atoms with Gasteiger partial charge < -0.3 is 10.8 Å². The normalized spacial score (nSPS) is 10.1. The van der Waals surface area contributed by atoms with Crippen LogP contribution in [0.4, 0.5) is 5.69 Å². The van der Waals surface area contributed by atoms with Gasteiger partial charge in [-0.2, -0.15) is 0 Å². The summed E-state index contributed by atoms with van der Waals surface area (Å²) in [4.78, 5) is 18.6. The molecule has 0 saturated heterocycles. The summed E-state index contributed by atoms with van der Waals surface area (Å²) in [7, 11) is 0. The van der Waals surface area contributed by atoms with Crippen molar-refractivity contribution in [2.24, 2.45) is 0 Å². The molecule has 0 saturated carbocycles. The number of nitrogens with two attached hydrogens (primary N) is 1. The van der Waals surface area contributed by atoms with E-state index in [-0.39, 0.29) is 10.6 Å². The molecule has 2 rings (SSSR count). The zero-order valence-electron chi connectivity index (χ0n) is 7.54. The lowest BCUT2D eigenvalue weighted by molar-refractivity contribution is 0.0703. The highest BCUT2D eigenvalue weighted by Crippen LogP contribution is 2.33. The average Bonchev–Trinajstić information content (AvgIpc) is 2.61.